The van der Waals surface area contributed by atoms with Crippen LogP contribution in [0, 0.1) is 6.92 Å². The van der Waals surface area contributed by atoms with E-state index >= 15 is 0 Å². The molecule has 0 amide bonds. The molecule has 1 aliphatic heterocycles. The number of anilines is 1. The van der Waals surface area contributed by atoms with Crippen molar-refractivity contribution in [3.8, 4) is 0 Å². The lowest BCUT2D eigenvalue weighted by atomic mass is 9.97. The zero-order chi connectivity index (χ0) is 10.9. The van der Waals surface area contributed by atoms with Crippen LogP contribution in [0.25, 0.3) is 0 Å². The van der Waals surface area contributed by atoms with Crippen molar-refractivity contribution < 1.29 is 9.84 Å². The van der Waals surface area contributed by atoms with E-state index in [1.54, 1.807) is 11.3 Å². The number of thiazole rings is 1. The van der Waals surface area contributed by atoms with E-state index in [0.29, 0.717) is 19.6 Å². The molecule has 0 saturated carbocycles. The van der Waals surface area contributed by atoms with Crippen molar-refractivity contribution in [1.29, 1.82) is 0 Å². The third-order valence-electron chi connectivity index (χ3n) is 2.82. The Balaban J connectivity index is 1.92. The molecule has 15 heavy (non-hydrogen) atoms. The van der Waals surface area contributed by atoms with E-state index in [1.165, 1.54) is 0 Å². The highest BCUT2D eigenvalue weighted by Crippen LogP contribution is 2.26. The van der Waals surface area contributed by atoms with Crippen LogP contribution in [0.4, 0.5) is 5.13 Å². The van der Waals surface area contributed by atoms with Crippen LogP contribution in [0.1, 0.15) is 19.0 Å². The van der Waals surface area contributed by atoms with Crippen LogP contribution in [0.2, 0.25) is 0 Å². The summed E-state index contributed by atoms with van der Waals surface area (Å²) in [6, 6.07) is 0. The number of aromatic nitrogens is 1. The minimum absolute atomic E-state index is 0.106. The number of nitrogens with one attached hydrogen (secondary N) is 1. The van der Waals surface area contributed by atoms with Crippen LogP contribution in [-0.2, 0) is 4.74 Å². The fraction of sp³-hybridized carbons (Fsp3) is 0.700. The molecule has 1 aliphatic rings. The highest BCUT2D eigenvalue weighted by Gasteiger charge is 2.39. The maximum Gasteiger partial charge on any atom is 0.182 e. The van der Waals surface area contributed by atoms with Crippen molar-refractivity contribution in [2.24, 2.45) is 0 Å². The zero-order valence-electron chi connectivity index (χ0n) is 8.99. The SMILES string of the molecule is Cc1csc(NCC2(O)CCOC2C)n1. The molecule has 0 spiro atoms. The molecule has 1 fully saturated rings. The van der Waals surface area contributed by atoms with Gasteiger partial charge in [-0.25, -0.2) is 4.98 Å². The molecule has 2 atom stereocenters. The second kappa shape index (κ2) is 4.08. The Bertz CT molecular complexity index is 342. The normalized spacial score (nSPS) is 30.7. The average molecular weight is 228 g/mol. The van der Waals surface area contributed by atoms with E-state index in [9.17, 15) is 5.11 Å². The number of nitrogens with zero attached hydrogens (tertiary/aromatic N) is 1. The van der Waals surface area contributed by atoms with E-state index in [-0.39, 0.29) is 6.10 Å². The summed E-state index contributed by atoms with van der Waals surface area (Å²) in [5, 5.41) is 16.2. The standard InChI is InChI=1S/C10H16N2O2S/c1-7-5-15-9(12-7)11-6-10(13)3-4-14-8(10)2/h5,8,13H,3-4,6H2,1-2H3,(H,11,12). The molecular weight excluding hydrogens is 212 g/mol. The highest BCUT2D eigenvalue weighted by atomic mass is 32.1. The van der Waals surface area contributed by atoms with Crippen molar-refractivity contribution in [2.45, 2.75) is 32.0 Å². The number of rotatable bonds is 3. The Morgan fingerprint density at radius 3 is 3.13 bits per heavy atom. The first kappa shape index (κ1) is 10.9. The van der Waals surface area contributed by atoms with Crippen LogP contribution < -0.4 is 5.32 Å². The van der Waals surface area contributed by atoms with E-state index in [2.05, 4.69) is 10.3 Å². The molecule has 2 unspecified atom stereocenters. The summed E-state index contributed by atoms with van der Waals surface area (Å²) in [4.78, 5) is 4.28. The topological polar surface area (TPSA) is 54.4 Å². The summed E-state index contributed by atoms with van der Waals surface area (Å²) in [6.45, 7) is 5.00. The largest absolute Gasteiger partial charge is 0.385 e. The summed E-state index contributed by atoms with van der Waals surface area (Å²) in [5.41, 5.74) is 0.254. The van der Waals surface area contributed by atoms with Crippen molar-refractivity contribution in [1.82, 2.24) is 4.98 Å². The second-order valence-corrected chi connectivity index (χ2v) is 4.87. The Kier molecular flexibility index (Phi) is 2.95. The quantitative estimate of drug-likeness (QED) is 0.821. The van der Waals surface area contributed by atoms with E-state index < -0.39 is 5.60 Å². The van der Waals surface area contributed by atoms with Gasteiger partial charge in [-0.3, -0.25) is 0 Å². The second-order valence-electron chi connectivity index (χ2n) is 4.01. The van der Waals surface area contributed by atoms with Crippen molar-refractivity contribution in [3.63, 3.8) is 0 Å². The van der Waals surface area contributed by atoms with Gasteiger partial charge in [0.05, 0.1) is 11.8 Å². The Labute approximate surface area is 93.3 Å². The first-order chi connectivity index (χ1) is 7.10. The number of ether oxygens (including phenoxy) is 1. The molecule has 84 valence electrons. The molecular formula is C10H16N2O2S. The Morgan fingerprint density at radius 1 is 1.80 bits per heavy atom. The number of hydrogen-bond acceptors (Lipinski definition) is 5. The molecule has 1 saturated heterocycles. The molecule has 2 heterocycles. The maximum atomic E-state index is 10.2. The zero-order valence-corrected chi connectivity index (χ0v) is 9.80. The van der Waals surface area contributed by atoms with Gasteiger partial charge in [-0.2, -0.15) is 0 Å². The molecule has 0 aliphatic carbocycles. The number of aryl methyl sites for hydroxylation is 1. The third kappa shape index (κ3) is 2.30. The molecule has 4 nitrogen and oxygen atoms in total. The smallest absolute Gasteiger partial charge is 0.182 e. The maximum absolute atomic E-state index is 10.2. The van der Waals surface area contributed by atoms with Gasteiger partial charge in [-0.1, -0.05) is 0 Å². The van der Waals surface area contributed by atoms with E-state index in [4.69, 9.17) is 4.74 Å². The lowest BCUT2D eigenvalue weighted by Gasteiger charge is -2.25. The van der Waals surface area contributed by atoms with Crippen LogP contribution in [0.5, 0.6) is 0 Å². The fourth-order valence-electron chi connectivity index (χ4n) is 1.67. The van der Waals surface area contributed by atoms with Crippen molar-refractivity contribution in [2.75, 3.05) is 18.5 Å². The summed E-state index contributed by atoms with van der Waals surface area (Å²) >= 11 is 1.56. The molecule has 1 aromatic rings. The van der Waals surface area contributed by atoms with Gasteiger partial charge in [0, 0.05) is 25.0 Å². The van der Waals surface area contributed by atoms with Crippen molar-refractivity contribution >= 4 is 16.5 Å². The summed E-state index contributed by atoms with van der Waals surface area (Å²) in [6.07, 6.45) is 0.581. The molecule has 0 bridgehead atoms. The summed E-state index contributed by atoms with van der Waals surface area (Å²) in [7, 11) is 0. The van der Waals surface area contributed by atoms with Gasteiger partial charge in [0.2, 0.25) is 0 Å². The van der Waals surface area contributed by atoms with E-state index in [1.807, 2.05) is 19.2 Å². The lowest BCUT2D eigenvalue weighted by Crippen LogP contribution is -2.43. The van der Waals surface area contributed by atoms with Gasteiger partial charge in [0.25, 0.3) is 0 Å². The number of aliphatic hydroxyl groups is 1. The Hall–Kier alpha value is -0.650. The summed E-state index contributed by atoms with van der Waals surface area (Å²) in [5.74, 6) is 0. The molecule has 0 aromatic carbocycles. The van der Waals surface area contributed by atoms with Crippen molar-refractivity contribution in [3.05, 3.63) is 11.1 Å². The Morgan fingerprint density at radius 2 is 2.60 bits per heavy atom. The summed E-state index contributed by atoms with van der Waals surface area (Å²) < 4.78 is 5.36. The molecule has 2 N–H and O–H groups in total. The van der Waals surface area contributed by atoms with Gasteiger partial charge in [-0.05, 0) is 13.8 Å². The molecule has 1 aromatic heterocycles. The van der Waals surface area contributed by atoms with Crippen LogP contribution in [0.3, 0.4) is 0 Å². The minimum Gasteiger partial charge on any atom is -0.385 e. The van der Waals surface area contributed by atoms with Crippen LogP contribution in [0.15, 0.2) is 5.38 Å². The molecule has 0 radical (unpaired) electrons. The monoisotopic (exact) mass is 228 g/mol. The molecule has 2 rings (SSSR count). The lowest BCUT2D eigenvalue weighted by molar-refractivity contribution is -0.0175. The first-order valence-electron chi connectivity index (χ1n) is 5.10. The van der Waals surface area contributed by atoms with Gasteiger partial charge in [0.15, 0.2) is 5.13 Å². The van der Waals surface area contributed by atoms with Crippen LogP contribution in [-0.4, -0.2) is 34.9 Å². The van der Waals surface area contributed by atoms with Gasteiger partial charge in [-0.15, -0.1) is 11.3 Å². The van der Waals surface area contributed by atoms with Gasteiger partial charge >= 0.3 is 0 Å². The molecule has 5 heteroatoms. The third-order valence-corrected chi connectivity index (χ3v) is 3.74. The van der Waals surface area contributed by atoms with Crippen LogP contribution >= 0.6 is 11.3 Å². The predicted octanol–water partition coefficient (Wildman–Crippen LogP) is 1.40. The minimum atomic E-state index is -0.750. The average Bonchev–Trinajstić information content (AvgIpc) is 2.73. The van der Waals surface area contributed by atoms with Gasteiger partial charge < -0.3 is 15.2 Å². The number of hydrogen-bond donors (Lipinski definition) is 2. The fourth-order valence-corrected chi connectivity index (χ4v) is 2.35. The first-order valence-corrected chi connectivity index (χ1v) is 5.98. The highest BCUT2D eigenvalue weighted by molar-refractivity contribution is 7.13. The predicted molar refractivity (Wildman–Crippen MR) is 60.3 cm³/mol. The van der Waals surface area contributed by atoms with Gasteiger partial charge in [0.1, 0.15) is 5.60 Å². The van der Waals surface area contributed by atoms with E-state index in [0.717, 1.165) is 10.8 Å².